The van der Waals surface area contributed by atoms with E-state index in [-0.39, 0.29) is 35.9 Å². The van der Waals surface area contributed by atoms with Crippen LogP contribution in [0.4, 0.5) is 0 Å². The highest BCUT2D eigenvalue weighted by Crippen LogP contribution is 2.29. The quantitative estimate of drug-likeness (QED) is 0.0205. The molecule has 0 spiro atoms. The summed E-state index contributed by atoms with van der Waals surface area (Å²) in [6.07, 6.45) is 18.7. The van der Waals surface area contributed by atoms with E-state index in [0.29, 0.717) is 133 Å². The fourth-order valence-corrected chi connectivity index (χ4v) is 7.33. The lowest BCUT2D eigenvalue weighted by molar-refractivity contribution is -0.145. The molecule has 378 valence electrons. The Morgan fingerprint density at radius 1 is 0.485 bits per heavy atom. The Kier molecular flexibility index (Phi) is 30.1. The standard InChI is InChI=1S/C54H78O14/c1-4-5-6-15-36-61-45-28-24-43(25-29-45)53(59)67-47-32-34-48(35-33-47)68-54(60)44-26-30-46(31-27-44)62-37-16-7-8-17-38-63-49(55)21-12-9-18-39-64-50(56)22-13-10-19-40-65-51(57)23-14-11-20-41-66-52(58)42(2)3/h24-25,28-29,32-35,44,46H,2,4-23,26-27,30-31,36-41H2,1,3H3. The van der Waals surface area contributed by atoms with Crippen molar-refractivity contribution in [3.8, 4) is 17.2 Å². The molecular formula is C54H78O14. The van der Waals surface area contributed by atoms with E-state index in [2.05, 4.69) is 13.5 Å². The Hall–Kier alpha value is -5.24. The first-order chi connectivity index (χ1) is 33.0. The van der Waals surface area contributed by atoms with Crippen molar-refractivity contribution in [1.82, 2.24) is 0 Å². The van der Waals surface area contributed by atoms with Gasteiger partial charge < -0.3 is 37.9 Å². The average Bonchev–Trinajstić information content (AvgIpc) is 3.33. The predicted octanol–water partition coefficient (Wildman–Crippen LogP) is 11.3. The van der Waals surface area contributed by atoms with Crippen molar-refractivity contribution in [2.75, 3.05) is 39.6 Å². The zero-order valence-corrected chi connectivity index (χ0v) is 40.9. The van der Waals surface area contributed by atoms with Crippen LogP contribution in [0.1, 0.15) is 178 Å². The smallest absolute Gasteiger partial charge is 0.343 e. The summed E-state index contributed by atoms with van der Waals surface area (Å²) in [5.74, 6) is -0.550. The van der Waals surface area contributed by atoms with Crippen LogP contribution < -0.4 is 14.2 Å². The van der Waals surface area contributed by atoms with Crippen LogP contribution in [-0.2, 0) is 47.7 Å². The van der Waals surface area contributed by atoms with Gasteiger partial charge in [0.15, 0.2) is 0 Å². The van der Waals surface area contributed by atoms with Gasteiger partial charge in [0.1, 0.15) is 17.2 Å². The Labute approximate surface area is 404 Å². The van der Waals surface area contributed by atoms with Gasteiger partial charge in [-0.05, 0) is 165 Å². The number of esters is 6. The van der Waals surface area contributed by atoms with Crippen molar-refractivity contribution in [1.29, 1.82) is 0 Å². The first kappa shape index (κ1) is 57.1. The number of hydrogen-bond acceptors (Lipinski definition) is 14. The van der Waals surface area contributed by atoms with Crippen molar-refractivity contribution < 1.29 is 66.7 Å². The van der Waals surface area contributed by atoms with Crippen LogP contribution in [0.2, 0.25) is 0 Å². The van der Waals surface area contributed by atoms with Gasteiger partial charge in [0.05, 0.1) is 50.6 Å². The molecule has 2 aromatic carbocycles. The van der Waals surface area contributed by atoms with Crippen molar-refractivity contribution in [2.45, 2.75) is 174 Å². The van der Waals surface area contributed by atoms with Crippen LogP contribution in [0.3, 0.4) is 0 Å². The van der Waals surface area contributed by atoms with E-state index in [1.54, 1.807) is 55.5 Å². The molecule has 3 rings (SSSR count). The van der Waals surface area contributed by atoms with Crippen LogP contribution in [0.5, 0.6) is 17.2 Å². The number of ether oxygens (including phenoxy) is 8. The summed E-state index contributed by atoms with van der Waals surface area (Å²) < 4.78 is 43.9. The van der Waals surface area contributed by atoms with Crippen LogP contribution in [-0.4, -0.2) is 81.6 Å². The van der Waals surface area contributed by atoms with Crippen molar-refractivity contribution in [3.63, 3.8) is 0 Å². The molecule has 0 unspecified atom stereocenters. The number of carbonyl (C=O) groups excluding carboxylic acids is 6. The second kappa shape index (κ2) is 35.8. The minimum absolute atomic E-state index is 0.129. The summed E-state index contributed by atoms with van der Waals surface area (Å²) >= 11 is 0. The van der Waals surface area contributed by atoms with Gasteiger partial charge in [0.2, 0.25) is 0 Å². The molecule has 0 saturated heterocycles. The number of unbranched alkanes of at least 4 members (excludes halogenated alkanes) is 12. The monoisotopic (exact) mass is 951 g/mol. The molecule has 1 aliphatic rings. The van der Waals surface area contributed by atoms with E-state index in [9.17, 15) is 28.8 Å². The maximum Gasteiger partial charge on any atom is 0.343 e. The zero-order valence-electron chi connectivity index (χ0n) is 40.9. The van der Waals surface area contributed by atoms with Crippen LogP contribution in [0, 0.1) is 5.92 Å². The Bertz CT molecular complexity index is 1760. The van der Waals surface area contributed by atoms with Crippen LogP contribution >= 0.6 is 0 Å². The molecule has 14 heteroatoms. The highest BCUT2D eigenvalue weighted by Gasteiger charge is 2.28. The topological polar surface area (TPSA) is 176 Å². The first-order valence-corrected chi connectivity index (χ1v) is 25.2. The summed E-state index contributed by atoms with van der Waals surface area (Å²) in [5, 5.41) is 0. The molecule has 68 heavy (non-hydrogen) atoms. The van der Waals surface area contributed by atoms with Crippen molar-refractivity contribution >= 4 is 35.8 Å². The maximum atomic E-state index is 12.9. The molecule has 0 aromatic heterocycles. The zero-order chi connectivity index (χ0) is 49.0. The van der Waals surface area contributed by atoms with Gasteiger partial charge >= 0.3 is 35.8 Å². The van der Waals surface area contributed by atoms with Crippen LogP contribution in [0.25, 0.3) is 0 Å². The Balaban J connectivity index is 1.07. The van der Waals surface area contributed by atoms with Gasteiger partial charge in [0, 0.05) is 31.4 Å². The normalized spacial score (nSPS) is 14.3. The summed E-state index contributed by atoms with van der Waals surface area (Å²) in [6.45, 7) is 9.98. The Morgan fingerprint density at radius 3 is 1.41 bits per heavy atom. The third kappa shape index (κ3) is 26.9. The summed E-state index contributed by atoms with van der Waals surface area (Å²) in [6, 6.07) is 13.4. The van der Waals surface area contributed by atoms with E-state index in [1.807, 2.05) is 0 Å². The van der Waals surface area contributed by atoms with Gasteiger partial charge in [-0.1, -0.05) is 39.2 Å². The molecule has 0 aliphatic heterocycles. The second-order valence-corrected chi connectivity index (χ2v) is 17.5. The minimum atomic E-state index is -0.481. The van der Waals surface area contributed by atoms with E-state index >= 15 is 0 Å². The highest BCUT2D eigenvalue weighted by atomic mass is 16.6. The molecule has 0 heterocycles. The largest absolute Gasteiger partial charge is 0.494 e. The molecule has 1 fully saturated rings. The average molecular weight is 951 g/mol. The van der Waals surface area contributed by atoms with Gasteiger partial charge in [-0.2, -0.15) is 0 Å². The number of benzene rings is 2. The molecule has 2 aromatic rings. The number of rotatable bonds is 37. The lowest BCUT2D eigenvalue weighted by Gasteiger charge is -2.27. The first-order valence-electron chi connectivity index (χ1n) is 25.2. The third-order valence-electron chi connectivity index (χ3n) is 11.5. The van der Waals surface area contributed by atoms with Gasteiger partial charge in [-0.25, -0.2) is 9.59 Å². The Morgan fingerprint density at radius 2 is 0.912 bits per heavy atom. The fourth-order valence-electron chi connectivity index (χ4n) is 7.33. The van der Waals surface area contributed by atoms with Crippen molar-refractivity contribution in [2.24, 2.45) is 5.92 Å². The second-order valence-electron chi connectivity index (χ2n) is 17.5. The summed E-state index contributed by atoms with van der Waals surface area (Å²) in [5.41, 5.74) is 0.785. The van der Waals surface area contributed by atoms with E-state index in [4.69, 9.17) is 37.9 Å². The fraction of sp³-hybridized carbons (Fsp3) is 0.630. The van der Waals surface area contributed by atoms with E-state index in [0.717, 1.165) is 76.4 Å². The molecule has 1 saturated carbocycles. The van der Waals surface area contributed by atoms with E-state index < -0.39 is 11.9 Å². The van der Waals surface area contributed by atoms with Gasteiger partial charge in [0.25, 0.3) is 0 Å². The minimum Gasteiger partial charge on any atom is -0.494 e. The molecule has 1 aliphatic carbocycles. The van der Waals surface area contributed by atoms with Crippen molar-refractivity contribution in [3.05, 3.63) is 66.2 Å². The van der Waals surface area contributed by atoms with Crippen LogP contribution in [0.15, 0.2) is 60.7 Å². The van der Waals surface area contributed by atoms with Gasteiger partial charge in [-0.15, -0.1) is 0 Å². The molecule has 14 nitrogen and oxygen atoms in total. The number of hydrogen-bond donors (Lipinski definition) is 0. The summed E-state index contributed by atoms with van der Waals surface area (Å²) in [7, 11) is 0. The molecule has 0 bridgehead atoms. The molecule has 0 amide bonds. The molecule has 0 radical (unpaired) electrons. The predicted molar refractivity (Wildman–Crippen MR) is 257 cm³/mol. The summed E-state index contributed by atoms with van der Waals surface area (Å²) in [4.78, 5) is 72.8. The SMILES string of the molecule is C=C(C)C(=O)OCCCCCC(=O)OCCCCCC(=O)OCCCCCC(=O)OCCCCCCOC1CCC(C(=O)Oc2ccc(OC(=O)c3ccc(OCCCCCC)cc3)cc2)CC1. The third-order valence-corrected chi connectivity index (χ3v) is 11.5. The molecular weight excluding hydrogens is 873 g/mol. The lowest BCUT2D eigenvalue weighted by atomic mass is 9.87. The van der Waals surface area contributed by atoms with E-state index in [1.165, 1.54) is 12.8 Å². The van der Waals surface area contributed by atoms with Gasteiger partial charge in [-0.3, -0.25) is 19.2 Å². The maximum absolute atomic E-state index is 12.9. The highest BCUT2D eigenvalue weighted by molar-refractivity contribution is 5.91. The number of carbonyl (C=O) groups is 6. The lowest BCUT2D eigenvalue weighted by Crippen LogP contribution is -2.29. The molecule has 0 N–H and O–H groups in total. The molecule has 0 atom stereocenters.